The molecule has 0 radical (unpaired) electrons. The van der Waals surface area contributed by atoms with E-state index in [4.69, 9.17) is 4.74 Å². The first kappa shape index (κ1) is 14.6. The molecule has 18 heavy (non-hydrogen) atoms. The van der Waals surface area contributed by atoms with Crippen molar-refractivity contribution in [1.29, 1.82) is 0 Å². The fourth-order valence-electron chi connectivity index (χ4n) is 2.08. The predicted octanol–water partition coefficient (Wildman–Crippen LogP) is 3.85. The topological polar surface area (TPSA) is 38.3 Å². The molecular weight excluding hydrogens is 226 g/mol. The van der Waals surface area contributed by atoms with E-state index in [-0.39, 0.29) is 5.97 Å². The Morgan fingerprint density at radius 2 is 1.94 bits per heavy atom. The zero-order valence-electron chi connectivity index (χ0n) is 11.5. The highest BCUT2D eigenvalue weighted by Crippen LogP contribution is 2.16. The molecule has 100 valence electrons. The summed E-state index contributed by atoms with van der Waals surface area (Å²) >= 11 is 0. The number of methoxy groups -OCH3 is 1. The maximum atomic E-state index is 11.5. The van der Waals surface area contributed by atoms with E-state index in [1.807, 2.05) is 18.2 Å². The van der Waals surface area contributed by atoms with Crippen molar-refractivity contribution < 1.29 is 9.53 Å². The number of nitrogens with one attached hydrogen (secondary N) is 1. The van der Waals surface area contributed by atoms with Gasteiger partial charge in [0.15, 0.2) is 0 Å². The number of carbonyl (C=O) groups is 1. The van der Waals surface area contributed by atoms with Gasteiger partial charge in [-0.3, -0.25) is 0 Å². The molecule has 0 aliphatic heterocycles. The van der Waals surface area contributed by atoms with E-state index < -0.39 is 0 Å². The molecule has 3 nitrogen and oxygen atoms in total. The van der Waals surface area contributed by atoms with E-state index in [1.165, 1.54) is 7.11 Å². The van der Waals surface area contributed by atoms with Gasteiger partial charge in [-0.15, -0.1) is 0 Å². The average Bonchev–Trinajstić information content (AvgIpc) is 2.39. The van der Waals surface area contributed by atoms with Gasteiger partial charge in [0.2, 0.25) is 0 Å². The lowest BCUT2D eigenvalue weighted by atomic mass is 10.1. The van der Waals surface area contributed by atoms with Gasteiger partial charge in [0.05, 0.1) is 12.7 Å². The molecule has 1 rings (SSSR count). The normalized spacial score (nSPS) is 10.4. The van der Waals surface area contributed by atoms with Gasteiger partial charge >= 0.3 is 5.97 Å². The number of hydrogen-bond acceptors (Lipinski definition) is 3. The van der Waals surface area contributed by atoms with Gasteiger partial charge in [0.1, 0.15) is 0 Å². The van der Waals surface area contributed by atoms with E-state index in [0.29, 0.717) is 11.6 Å². The van der Waals surface area contributed by atoms with Gasteiger partial charge in [-0.2, -0.15) is 0 Å². The van der Waals surface area contributed by atoms with E-state index in [0.717, 1.165) is 31.4 Å². The summed E-state index contributed by atoms with van der Waals surface area (Å²) in [6.45, 7) is 4.38. The highest BCUT2D eigenvalue weighted by Gasteiger charge is 2.09. The quantitative estimate of drug-likeness (QED) is 0.746. The van der Waals surface area contributed by atoms with Crippen LogP contribution in [-0.4, -0.2) is 19.1 Å². The molecule has 0 aliphatic carbocycles. The monoisotopic (exact) mass is 249 g/mol. The molecule has 0 bridgehead atoms. The van der Waals surface area contributed by atoms with Crippen LogP contribution in [0.5, 0.6) is 0 Å². The summed E-state index contributed by atoms with van der Waals surface area (Å²) < 4.78 is 4.72. The second-order valence-corrected chi connectivity index (χ2v) is 4.49. The van der Waals surface area contributed by atoms with Crippen molar-refractivity contribution in [3.63, 3.8) is 0 Å². The predicted molar refractivity (Wildman–Crippen MR) is 75.0 cm³/mol. The maximum absolute atomic E-state index is 11.5. The Bertz CT molecular complexity index is 371. The first-order valence-electron chi connectivity index (χ1n) is 6.66. The smallest absolute Gasteiger partial charge is 0.337 e. The Morgan fingerprint density at radius 1 is 1.28 bits per heavy atom. The molecule has 3 heteroatoms. The molecular formula is C15H23NO2. The summed E-state index contributed by atoms with van der Waals surface area (Å²) in [5, 5.41) is 3.49. The van der Waals surface area contributed by atoms with Crippen LogP contribution >= 0.6 is 0 Å². The van der Waals surface area contributed by atoms with Crippen LogP contribution in [0.2, 0.25) is 0 Å². The molecule has 0 spiro atoms. The molecule has 0 aromatic heterocycles. The van der Waals surface area contributed by atoms with Crippen molar-refractivity contribution in [1.82, 2.24) is 0 Å². The lowest BCUT2D eigenvalue weighted by Crippen LogP contribution is -2.19. The zero-order chi connectivity index (χ0) is 13.4. The van der Waals surface area contributed by atoms with E-state index >= 15 is 0 Å². The van der Waals surface area contributed by atoms with Crippen molar-refractivity contribution in [3.8, 4) is 0 Å². The number of ether oxygens (including phenoxy) is 1. The molecule has 1 N–H and O–H groups in total. The fourth-order valence-corrected chi connectivity index (χ4v) is 2.08. The zero-order valence-corrected chi connectivity index (χ0v) is 11.5. The Morgan fingerprint density at radius 3 is 2.50 bits per heavy atom. The molecule has 0 heterocycles. The largest absolute Gasteiger partial charge is 0.465 e. The summed E-state index contributed by atoms with van der Waals surface area (Å²) in [6, 6.07) is 7.97. The standard InChI is InChI=1S/C15H23NO2/c1-4-7-13(8-5-2)16-14-10-6-9-12(11-14)15(17)18-3/h6,9-11,13,16H,4-5,7-8H2,1-3H3. The van der Waals surface area contributed by atoms with Crippen molar-refractivity contribution in [3.05, 3.63) is 29.8 Å². The summed E-state index contributed by atoms with van der Waals surface area (Å²) in [7, 11) is 1.40. The van der Waals surface area contributed by atoms with Gasteiger partial charge < -0.3 is 10.1 Å². The minimum absolute atomic E-state index is 0.291. The van der Waals surface area contributed by atoms with Crippen molar-refractivity contribution in [2.24, 2.45) is 0 Å². The second kappa shape index (κ2) is 7.75. The molecule has 0 saturated carbocycles. The molecule has 0 amide bonds. The minimum Gasteiger partial charge on any atom is -0.465 e. The van der Waals surface area contributed by atoms with Crippen LogP contribution in [0.4, 0.5) is 5.69 Å². The summed E-state index contributed by atoms with van der Waals surface area (Å²) in [5.41, 5.74) is 1.58. The van der Waals surface area contributed by atoms with E-state index in [9.17, 15) is 4.79 Å². The number of rotatable bonds is 7. The summed E-state index contributed by atoms with van der Waals surface area (Å²) in [4.78, 5) is 11.5. The average molecular weight is 249 g/mol. The highest BCUT2D eigenvalue weighted by molar-refractivity contribution is 5.90. The molecule has 0 unspecified atom stereocenters. The van der Waals surface area contributed by atoms with E-state index in [1.54, 1.807) is 6.07 Å². The second-order valence-electron chi connectivity index (χ2n) is 4.49. The third-order valence-corrected chi connectivity index (χ3v) is 2.93. The Labute approximate surface area is 110 Å². The molecule has 0 atom stereocenters. The van der Waals surface area contributed by atoms with Crippen molar-refractivity contribution in [2.45, 2.75) is 45.6 Å². The van der Waals surface area contributed by atoms with Gasteiger partial charge in [0, 0.05) is 11.7 Å². The van der Waals surface area contributed by atoms with Crippen LogP contribution < -0.4 is 5.32 Å². The third kappa shape index (κ3) is 4.40. The van der Waals surface area contributed by atoms with E-state index in [2.05, 4.69) is 19.2 Å². The molecule has 1 aromatic rings. The van der Waals surface area contributed by atoms with Crippen LogP contribution in [-0.2, 0) is 4.74 Å². The fraction of sp³-hybridized carbons (Fsp3) is 0.533. The first-order chi connectivity index (χ1) is 8.71. The van der Waals surface area contributed by atoms with Crippen LogP contribution in [0, 0.1) is 0 Å². The van der Waals surface area contributed by atoms with Crippen molar-refractivity contribution >= 4 is 11.7 Å². The number of benzene rings is 1. The summed E-state index contributed by atoms with van der Waals surface area (Å²) in [5.74, 6) is -0.291. The van der Waals surface area contributed by atoms with Gasteiger partial charge in [-0.25, -0.2) is 4.79 Å². The number of hydrogen-bond donors (Lipinski definition) is 1. The van der Waals surface area contributed by atoms with Crippen LogP contribution in [0.1, 0.15) is 49.9 Å². The highest BCUT2D eigenvalue weighted by atomic mass is 16.5. The number of carbonyl (C=O) groups excluding carboxylic acids is 1. The summed E-state index contributed by atoms with van der Waals surface area (Å²) in [6.07, 6.45) is 4.62. The Hall–Kier alpha value is -1.51. The lowest BCUT2D eigenvalue weighted by molar-refractivity contribution is 0.0601. The minimum atomic E-state index is -0.291. The van der Waals surface area contributed by atoms with Gasteiger partial charge in [-0.1, -0.05) is 32.8 Å². The third-order valence-electron chi connectivity index (χ3n) is 2.93. The lowest BCUT2D eigenvalue weighted by Gasteiger charge is -2.19. The molecule has 0 aliphatic rings. The van der Waals surface area contributed by atoms with Crippen LogP contribution in [0.15, 0.2) is 24.3 Å². The first-order valence-corrected chi connectivity index (χ1v) is 6.66. The molecule has 1 aromatic carbocycles. The Balaban J connectivity index is 2.73. The molecule has 0 saturated heterocycles. The number of esters is 1. The van der Waals surface area contributed by atoms with Gasteiger partial charge in [0.25, 0.3) is 0 Å². The maximum Gasteiger partial charge on any atom is 0.337 e. The SMILES string of the molecule is CCCC(CCC)Nc1cccc(C(=O)OC)c1. The Kier molecular flexibility index (Phi) is 6.26. The van der Waals surface area contributed by atoms with Gasteiger partial charge in [-0.05, 0) is 31.0 Å². The molecule has 0 fully saturated rings. The van der Waals surface area contributed by atoms with Crippen LogP contribution in [0.25, 0.3) is 0 Å². The number of anilines is 1. The van der Waals surface area contributed by atoms with Crippen LogP contribution in [0.3, 0.4) is 0 Å². The van der Waals surface area contributed by atoms with Crippen molar-refractivity contribution in [2.75, 3.05) is 12.4 Å².